The van der Waals surface area contributed by atoms with Crippen LogP contribution in [0.25, 0.3) is 21.9 Å². The summed E-state index contributed by atoms with van der Waals surface area (Å²) in [6.07, 6.45) is 1.17. The third-order valence-electron chi connectivity index (χ3n) is 8.87. The van der Waals surface area contributed by atoms with E-state index in [9.17, 15) is 4.79 Å². The van der Waals surface area contributed by atoms with E-state index in [-0.39, 0.29) is 17.9 Å². The molecule has 0 aliphatic rings. The van der Waals surface area contributed by atoms with Crippen LogP contribution in [-0.2, 0) is 16.6 Å². The Bertz CT molecular complexity index is 1740. The second-order valence-corrected chi connectivity index (χ2v) is 12.2. The molecule has 44 heavy (non-hydrogen) atoms. The molecule has 4 nitrogen and oxygen atoms in total. The lowest BCUT2D eigenvalue weighted by atomic mass is 9.78. The summed E-state index contributed by atoms with van der Waals surface area (Å²) in [5, 5.41) is 6.20. The highest BCUT2D eigenvalue weighted by molar-refractivity contribution is 5.97. The summed E-state index contributed by atoms with van der Waals surface area (Å²) in [6, 6.07) is 38.1. The monoisotopic (exact) mass is 585 g/mol. The summed E-state index contributed by atoms with van der Waals surface area (Å²) in [4.78, 5) is 13.4. The van der Waals surface area contributed by atoms with E-state index in [1.807, 2.05) is 50.2 Å². The minimum atomic E-state index is -0.587. The third kappa shape index (κ3) is 6.87. The molecule has 2 atom stereocenters. The predicted octanol–water partition coefficient (Wildman–Crippen LogP) is 9.42. The van der Waals surface area contributed by atoms with E-state index < -0.39 is 5.41 Å². The number of carbonyl (C=O) groups excluding carboxylic acids is 1. The molecule has 5 rings (SSSR count). The van der Waals surface area contributed by atoms with Crippen LogP contribution in [0.1, 0.15) is 68.5 Å². The van der Waals surface area contributed by atoms with Gasteiger partial charge in [0.1, 0.15) is 17.3 Å². The second kappa shape index (κ2) is 13.5. The van der Waals surface area contributed by atoms with Gasteiger partial charge in [0.2, 0.25) is 0 Å². The molecule has 1 unspecified atom stereocenters. The van der Waals surface area contributed by atoms with Crippen molar-refractivity contribution in [2.24, 2.45) is 0 Å². The average molecular weight is 586 g/mol. The van der Waals surface area contributed by atoms with Gasteiger partial charge in [-0.25, -0.2) is 0 Å². The summed E-state index contributed by atoms with van der Waals surface area (Å²) in [6.45, 7) is 8.46. The Kier molecular flexibility index (Phi) is 9.51. The lowest BCUT2D eigenvalue weighted by Gasteiger charge is -2.25. The highest BCUT2D eigenvalue weighted by Crippen LogP contribution is 2.35. The standard InChI is InChI=1S/C40H43NO3/c1-27(31-13-10-15-36(25-31)44-6)41-28(2)33-24-32-12-7-8-16-37(32)38(26-33)30-18-20-34(21-19-30)40(3,4)39(42)22-17-29-11-9-14-35(23-29)43-5/h7-16,18-21,23-28,41H,17,22H2,1-6H3/t27-,28?/m1/s1. The second-order valence-electron chi connectivity index (χ2n) is 12.2. The van der Waals surface area contributed by atoms with E-state index >= 15 is 0 Å². The number of ether oxygens (including phenoxy) is 2. The molecular weight excluding hydrogens is 542 g/mol. The Morgan fingerprint density at radius 3 is 2.11 bits per heavy atom. The van der Waals surface area contributed by atoms with Crippen molar-refractivity contribution < 1.29 is 14.3 Å². The van der Waals surface area contributed by atoms with Crippen LogP contribution >= 0.6 is 0 Å². The summed E-state index contributed by atoms with van der Waals surface area (Å²) in [7, 11) is 3.36. The van der Waals surface area contributed by atoms with Crippen molar-refractivity contribution in [3.63, 3.8) is 0 Å². The van der Waals surface area contributed by atoms with Gasteiger partial charge in [-0.3, -0.25) is 4.79 Å². The Hall–Kier alpha value is -4.41. The number of ketones is 1. The molecule has 1 N–H and O–H groups in total. The highest BCUT2D eigenvalue weighted by atomic mass is 16.5. The van der Waals surface area contributed by atoms with Gasteiger partial charge in [0.25, 0.3) is 0 Å². The quantitative estimate of drug-likeness (QED) is 0.158. The number of aryl methyl sites for hydroxylation is 1. The number of methoxy groups -OCH3 is 2. The third-order valence-corrected chi connectivity index (χ3v) is 8.87. The topological polar surface area (TPSA) is 47.6 Å². The minimum absolute atomic E-state index is 0.125. The van der Waals surface area contributed by atoms with Crippen molar-refractivity contribution in [3.8, 4) is 22.6 Å². The Morgan fingerprint density at radius 1 is 0.727 bits per heavy atom. The van der Waals surface area contributed by atoms with Crippen LogP contribution in [0, 0.1) is 0 Å². The van der Waals surface area contributed by atoms with Gasteiger partial charge in [0.15, 0.2) is 0 Å². The van der Waals surface area contributed by atoms with Crippen LogP contribution in [0.15, 0.2) is 109 Å². The predicted molar refractivity (Wildman–Crippen MR) is 182 cm³/mol. The largest absolute Gasteiger partial charge is 0.497 e. The highest BCUT2D eigenvalue weighted by Gasteiger charge is 2.29. The Balaban J connectivity index is 1.37. The molecule has 5 aromatic rings. The van der Waals surface area contributed by atoms with Gasteiger partial charge in [0, 0.05) is 23.9 Å². The molecule has 0 saturated carbocycles. The van der Waals surface area contributed by atoms with Gasteiger partial charge in [-0.05, 0) is 115 Å². The van der Waals surface area contributed by atoms with Crippen molar-refractivity contribution in [1.82, 2.24) is 5.32 Å². The zero-order valence-electron chi connectivity index (χ0n) is 26.7. The van der Waals surface area contributed by atoms with Gasteiger partial charge in [-0.2, -0.15) is 0 Å². The lowest BCUT2D eigenvalue weighted by Crippen LogP contribution is -2.29. The normalized spacial score (nSPS) is 13.0. The van der Waals surface area contributed by atoms with Crippen molar-refractivity contribution in [2.75, 3.05) is 14.2 Å². The molecule has 226 valence electrons. The zero-order valence-corrected chi connectivity index (χ0v) is 26.7. The maximum atomic E-state index is 13.4. The van der Waals surface area contributed by atoms with Gasteiger partial charge in [0.05, 0.1) is 14.2 Å². The first-order valence-electron chi connectivity index (χ1n) is 15.4. The van der Waals surface area contributed by atoms with Crippen molar-refractivity contribution in [3.05, 3.63) is 131 Å². The molecule has 0 aliphatic heterocycles. The Morgan fingerprint density at radius 2 is 1.39 bits per heavy atom. The number of Topliss-reactive ketones (excluding diaryl/α,β-unsaturated/α-hetero) is 1. The molecule has 0 radical (unpaired) electrons. The molecular formula is C40H43NO3. The molecule has 0 spiro atoms. The molecule has 0 saturated heterocycles. The van der Waals surface area contributed by atoms with Crippen molar-refractivity contribution >= 4 is 16.6 Å². The van der Waals surface area contributed by atoms with Crippen LogP contribution in [-0.4, -0.2) is 20.0 Å². The first-order chi connectivity index (χ1) is 21.2. The maximum absolute atomic E-state index is 13.4. The van der Waals surface area contributed by atoms with Gasteiger partial charge in [-0.1, -0.05) is 72.8 Å². The average Bonchev–Trinajstić information content (AvgIpc) is 3.06. The zero-order chi connectivity index (χ0) is 31.3. The molecule has 5 aromatic carbocycles. The molecule has 0 bridgehead atoms. The van der Waals surface area contributed by atoms with E-state index in [0.29, 0.717) is 12.8 Å². The van der Waals surface area contributed by atoms with Crippen molar-refractivity contribution in [1.29, 1.82) is 0 Å². The number of hydrogen-bond acceptors (Lipinski definition) is 4. The Labute approximate surface area is 262 Å². The molecule has 0 fully saturated rings. The maximum Gasteiger partial charge on any atom is 0.143 e. The van der Waals surface area contributed by atoms with Crippen LogP contribution in [0.3, 0.4) is 0 Å². The van der Waals surface area contributed by atoms with Crippen molar-refractivity contribution in [2.45, 2.75) is 58.0 Å². The van der Waals surface area contributed by atoms with E-state index in [1.165, 1.54) is 27.5 Å². The molecule has 0 aliphatic carbocycles. The fourth-order valence-electron chi connectivity index (χ4n) is 5.93. The summed E-state index contributed by atoms with van der Waals surface area (Å²) in [5.74, 6) is 1.91. The lowest BCUT2D eigenvalue weighted by molar-refractivity contribution is -0.123. The number of fused-ring (bicyclic) bond motifs is 1. The molecule has 0 aromatic heterocycles. The molecule has 0 heterocycles. The SMILES string of the molecule is COc1cccc(CCC(=O)C(C)(C)c2ccc(-c3cc(C(C)N[C@H](C)c4cccc(OC)c4)cc4ccccc34)cc2)c1. The van der Waals surface area contributed by atoms with Crippen LogP contribution in [0.2, 0.25) is 0 Å². The first-order valence-corrected chi connectivity index (χ1v) is 15.4. The number of benzene rings is 5. The first kappa shape index (κ1) is 31.0. The van der Waals surface area contributed by atoms with E-state index in [2.05, 4.69) is 92.0 Å². The van der Waals surface area contributed by atoms with E-state index in [4.69, 9.17) is 9.47 Å². The number of rotatable bonds is 12. The van der Waals surface area contributed by atoms with Crippen LogP contribution in [0.5, 0.6) is 11.5 Å². The summed E-state index contributed by atoms with van der Waals surface area (Å²) < 4.78 is 10.8. The van der Waals surface area contributed by atoms with Gasteiger partial charge < -0.3 is 14.8 Å². The fourth-order valence-corrected chi connectivity index (χ4v) is 5.93. The number of carbonyl (C=O) groups is 1. The summed E-state index contributed by atoms with van der Waals surface area (Å²) in [5.41, 5.74) is 6.29. The van der Waals surface area contributed by atoms with E-state index in [1.54, 1.807) is 14.2 Å². The van der Waals surface area contributed by atoms with Gasteiger partial charge >= 0.3 is 0 Å². The number of hydrogen-bond donors (Lipinski definition) is 1. The fraction of sp³-hybridized carbons (Fsp3) is 0.275. The van der Waals surface area contributed by atoms with Crippen LogP contribution in [0.4, 0.5) is 0 Å². The summed E-state index contributed by atoms with van der Waals surface area (Å²) >= 11 is 0. The number of nitrogens with one attached hydrogen (secondary N) is 1. The van der Waals surface area contributed by atoms with Crippen LogP contribution < -0.4 is 14.8 Å². The minimum Gasteiger partial charge on any atom is -0.497 e. The molecule has 4 heteroatoms. The van der Waals surface area contributed by atoms with E-state index in [0.717, 1.165) is 28.2 Å². The smallest absolute Gasteiger partial charge is 0.143 e. The molecule has 0 amide bonds. The van der Waals surface area contributed by atoms with Gasteiger partial charge in [-0.15, -0.1) is 0 Å².